The van der Waals surface area contributed by atoms with Crippen molar-refractivity contribution < 1.29 is 60.5 Å². The predicted molar refractivity (Wildman–Crippen MR) is 120 cm³/mol. The summed E-state index contributed by atoms with van der Waals surface area (Å²) in [6.45, 7) is 5.99. The summed E-state index contributed by atoms with van der Waals surface area (Å²) in [6.07, 6.45) is 5.02. The Balaban J connectivity index is 0.00000256. The van der Waals surface area contributed by atoms with Crippen LogP contribution in [-0.4, -0.2) is 25.4 Å². The largest absolute Gasteiger partial charge is 0.548 e. The molecule has 164 valence electrons. The molecule has 2 aromatic carbocycles. The Morgan fingerprint density at radius 1 is 1.25 bits per heavy atom. The van der Waals surface area contributed by atoms with Gasteiger partial charge in [0.15, 0.2) is 0 Å². The molecule has 6 nitrogen and oxygen atoms in total. The van der Waals surface area contributed by atoms with E-state index < -0.39 is 10.9 Å². The normalized spacial score (nSPS) is 15.1. The first-order valence-corrected chi connectivity index (χ1v) is 10.2. The number of nitrogens with zero attached hydrogens (tertiary/aromatic N) is 1. The molecule has 0 heterocycles. The first-order valence-electron chi connectivity index (χ1n) is 10.2. The molecule has 0 aromatic heterocycles. The van der Waals surface area contributed by atoms with Gasteiger partial charge >= 0.3 is 5.97 Å². The van der Waals surface area contributed by atoms with Crippen molar-refractivity contribution in [3.05, 3.63) is 75.4 Å². The quantitative estimate of drug-likeness (QED) is 0.0890. The van der Waals surface area contributed by atoms with E-state index in [0.29, 0.717) is 17.1 Å². The molecule has 0 amide bonds. The second kappa shape index (κ2) is 13.1. The molecule has 0 spiro atoms. The maximum absolute atomic E-state index is 12.7. The molecule has 4 radical (unpaired) electrons. The van der Waals surface area contributed by atoms with Crippen molar-refractivity contribution in [2.24, 2.45) is 0 Å². The molecule has 0 saturated carbocycles. The first-order chi connectivity index (χ1) is 14.3. The third-order valence-electron chi connectivity index (χ3n) is 5.01. The van der Waals surface area contributed by atoms with Gasteiger partial charge in [-0.05, 0) is 46.0 Å². The second-order valence-electron chi connectivity index (χ2n) is 7.81. The van der Waals surface area contributed by atoms with Crippen molar-refractivity contribution in [3.8, 4) is 11.5 Å². The molecule has 32 heavy (non-hydrogen) atoms. The molecule has 1 unspecified atom stereocenters. The number of nitro benzene ring substituents is 1. The molecule has 3 rings (SSSR count). The number of nitro groups is 1. The van der Waals surface area contributed by atoms with Crippen molar-refractivity contribution in [2.75, 3.05) is 0 Å². The molecule has 0 bridgehead atoms. The van der Waals surface area contributed by atoms with Crippen molar-refractivity contribution in [2.45, 2.75) is 58.5 Å². The number of carbonyl (C=O) groups excluding carboxylic acids is 1. The average Bonchev–Trinajstić information content (AvgIpc) is 2.68. The fourth-order valence-corrected chi connectivity index (χ4v) is 3.76. The van der Waals surface area contributed by atoms with E-state index in [-0.39, 0.29) is 73.8 Å². The summed E-state index contributed by atoms with van der Waals surface area (Å²) in [7, 11) is 0. The third kappa shape index (κ3) is 7.41. The number of hydrogen-bond donors (Lipinski definition) is 0. The fourth-order valence-electron chi connectivity index (χ4n) is 3.76. The minimum absolute atomic E-state index is 0. The van der Waals surface area contributed by atoms with Crippen LogP contribution in [0, 0.1) is 57.5 Å². The molecule has 0 aliphatic heterocycles. The SMILES string of the molecule is CC1=CC(c2c(OC(=O)Cc3ccccc3[N+](=O)[O-])c[c-]cc2OC(C)C)CCC1.[B].[Pr]. The van der Waals surface area contributed by atoms with Crippen molar-refractivity contribution in [1.29, 1.82) is 0 Å². The van der Waals surface area contributed by atoms with Crippen LogP contribution >= 0.6 is 0 Å². The molecule has 0 saturated heterocycles. The molecule has 8 heteroatoms. The number of rotatable bonds is 7. The summed E-state index contributed by atoms with van der Waals surface area (Å²) in [4.78, 5) is 23.4. The van der Waals surface area contributed by atoms with E-state index >= 15 is 0 Å². The smallest absolute Gasteiger partial charge is 0.304 e. The van der Waals surface area contributed by atoms with Gasteiger partial charge in [-0.15, -0.1) is 12.1 Å². The first kappa shape index (κ1) is 28.3. The maximum Gasteiger partial charge on any atom is 0.304 e. The van der Waals surface area contributed by atoms with E-state index in [1.165, 1.54) is 11.6 Å². The molecule has 1 aliphatic rings. The fraction of sp³-hybridized carbons (Fsp3) is 0.375. The minimum atomic E-state index is -0.558. The number of para-hydroxylation sites is 1. The molecule has 0 N–H and O–H groups in total. The molecular weight excluding hydrogens is 534 g/mol. The van der Waals surface area contributed by atoms with Crippen LogP contribution in [0.25, 0.3) is 0 Å². The number of ether oxygens (including phenoxy) is 2. The minimum Gasteiger partial charge on any atom is -0.548 e. The van der Waals surface area contributed by atoms with Crippen LogP contribution in [0.4, 0.5) is 5.69 Å². The number of esters is 1. The van der Waals surface area contributed by atoms with Gasteiger partial charge < -0.3 is 9.47 Å². The molecular formula is C24H26BNO5Pr-. The number of carbonyl (C=O) groups is 1. The Kier molecular flexibility index (Phi) is 11.6. The van der Waals surface area contributed by atoms with Gasteiger partial charge in [0.2, 0.25) is 0 Å². The Labute approximate surface area is 224 Å². The molecule has 2 aromatic rings. The van der Waals surface area contributed by atoms with Crippen LogP contribution in [0.3, 0.4) is 0 Å². The van der Waals surface area contributed by atoms with E-state index in [1.807, 2.05) is 13.8 Å². The van der Waals surface area contributed by atoms with E-state index in [1.54, 1.807) is 30.3 Å². The third-order valence-corrected chi connectivity index (χ3v) is 5.01. The van der Waals surface area contributed by atoms with Crippen molar-refractivity contribution >= 4 is 20.1 Å². The zero-order valence-corrected chi connectivity index (χ0v) is 22.4. The Hall–Kier alpha value is -1.72. The van der Waals surface area contributed by atoms with Crippen molar-refractivity contribution in [1.82, 2.24) is 0 Å². The summed E-state index contributed by atoms with van der Waals surface area (Å²) in [6, 6.07) is 12.6. The Morgan fingerprint density at radius 3 is 2.59 bits per heavy atom. The zero-order valence-electron chi connectivity index (χ0n) is 18.7. The van der Waals surface area contributed by atoms with Crippen LogP contribution in [-0.2, 0) is 11.2 Å². The van der Waals surface area contributed by atoms with Crippen molar-refractivity contribution in [3.63, 3.8) is 0 Å². The van der Waals surface area contributed by atoms with Gasteiger partial charge in [0.05, 0.1) is 17.4 Å². The standard InChI is InChI=1S/C24H26NO5.B.Pr/c1-16(2)29-21-12-7-13-22(24(21)19-10-6-8-17(3)14-19)30-23(26)15-18-9-4-5-11-20(18)25(27)28;;/h4-5,9,11-14,16,19H,6,8,10,15H2,1-3H3;;/q-1;;. The monoisotopic (exact) mass is 560 g/mol. The van der Waals surface area contributed by atoms with E-state index in [9.17, 15) is 14.9 Å². The van der Waals surface area contributed by atoms with Gasteiger partial charge in [-0.3, -0.25) is 14.9 Å². The van der Waals surface area contributed by atoms with Crippen LogP contribution in [0.1, 0.15) is 57.1 Å². The van der Waals surface area contributed by atoms with E-state index in [4.69, 9.17) is 9.47 Å². The number of hydrogen-bond acceptors (Lipinski definition) is 5. The van der Waals surface area contributed by atoms with Gasteiger partial charge in [-0.25, -0.2) is 0 Å². The van der Waals surface area contributed by atoms with Gasteiger partial charge in [-0.1, -0.05) is 35.4 Å². The Morgan fingerprint density at radius 2 is 1.94 bits per heavy atom. The van der Waals surface area contributed by atoms with Crippen LogP contribution in [0.2, 0.25) is 0 Å². The molecule has 0 fully saturated rings. The second-order valence-corrected chi connectivity index (χ2v) is 7.81. The number of allylic oxidation sites excluding steroid dienone is 2. The summed E-state index contributed by atoms with van der Waals surface area (Å²) >= 11 is 0. The topological polar surface area (TPSA) is 78.7 Å². The van der Waals surface area contributed by atoms with Crippen LogP contribution < -0.4 is 9.47 Å². The number of benzene rings is 2. The van der Waals surface area contributed by atoms with Gasteiger partial charge in [0.1, 0.15) is 0 Å². The zero-order chi connectivity index (χ0) is 21.7. The van der Waals surface area contributed by atoms with Gasteiger partial charge in [0.25, 0.3) is 5.69 Å². The van der Waals surface area contributed by atoms with Gasteiger partial charge in [0, 0.05) is 72.8 Å². The maximum atomic E-state index is 12.7. The summed E-state index contributed by atoms with van der Waals surface area (Å²) < 4.78 is 11.7. The summed E-state index contributed by atoms with van der Waals surface area (Å²) in [5.74, 6) is 0.567. The summed E-state index contributed by atoms with van der Waals surface area (Å²) in [5.41, 5.74) is 2.36. The Bertz CT molecular complexity index is 977. The van der Waals surface area contributed by atoms with Crippen LogP contribution in [0.15, 0.2) is 48.0 Å². The van der Waals surface area contributed by atoms with E-state index in [2.05, 4.69) is 19.1 Å². The molecule has 1 aliphatic carbocycles. The predicted octanol–water partition coefficient (Wildman–Crippen LogP) is 5.16. The average molecular weight is 560 g/mol. The molecule has 1 atom stereocenters. The summed E-state index contributed by atoms with van der Waals surface area (Å²) in [5, 5.41) is 11.2. The van der Waals surface area contributed by atoms with Crippen LogP contribution in [0.5, 0.6) is 11.5 Å². The van der Waals surface area contributed by atoms with Gasteiger partial charge in [-0.2, -0.15) is 6.07 Å². The van der Waals surface area contributed by atoms with E-state index in [0.717, 1.165) is 24.8 Å².